The third-order valence-corrected chi connectivity index (χ3v) is 7.69. The van der Waals surface area contributed by atoms with Crippen LogP contribution in [0.1, 0.15) is 54.2 Å². The predicted molar refractivity (Wildman–Crippen MR) is 117 cm³/mol. The van der Waals surface area contributed by atoms with Crippen molar-refractivity contribution in [1.29, 1.82) is 0 Å². The number of hydrogen-bond donors (Lipinski definition) is 1. The quantitative estimate of drug-likeness (QED) is 0.754. The highest BCUT2D eigenvalue weighted by molar-refractivity contribution is 7.89. The molecule has 1 aliphatic rings. The first-order valence-electron chi connectivity index (χ1n) is 10.3. The molecule has 1 heterocycles. The number of methoxy groups -OCH3 is 1. The van der Waals surface area contributed by atoms with E-state index in [1.807, 2.05) is 38.1 Å². The monoisotopic (exact) mass is 430 g/mol. The molecule has 1 saturated heterocycles. The second-order valence-corrected chi connectivity index (χ2v) is 9.97. The SMILES string of the molecule is COc1ccc([C@H](C)NC(=O)c2cc(S(=O)(=O)N3CCC(C)CC3)ccc2C)cc1. The molecule has 0 aliphatic carbocycles. The van der Waals surface area contributed by atoms with Gasteiger partial charge in [0, 0.05) is 18.7 Å². The molecule has 30 heavy (non-hydrogen) atoms. The molecule has 3 rings (SSSR count). The van der Waals surface area contributed by atoms with Crippen molar-refractivity contribution in [2.45, 2.75) is 44.6 Å². The lowest BCUT2D eigenvalue weighted by Crippen LogP contribution is -2.38. The summed E-state index contributed by atoms with van der Waals surface area (Å²) in [4.78, 5) is 13.1. The van der Waals surface area contributed by atoms with E-state index < -0.39 is 10.0 Å². The van der Waals surface area contributed by atoms with Gasteiger partial charge < -0.3 is 10.1 Å². The molecular weight excluding hydrogens is 400 g/mol. The number of carbonyl (C=O) groups is 1. The lowest BCUT2D eigenvalue weighted by molar-refractivity contribution is 0.0939. The fourth-order valence-corrected chi connectivity index (χ4v) is 5.13. The van der Waals surface area contributed by atoms with E-state index in [-0.39, 0.29) is 16.8 Å². The summed E-state index contributed by atoms with van der Waals surface area (Å²) in [5.74, 6) is 0.994. The van der Waals surface area contributed by atoms with Crippen LogP contribution in [0.15, 0.2) is 47.4 Å². The fourth-order valence-electron chi connectivity index (χ4n) is 3.63. The van der Waals surface area contributed by atoms with Crippen molar-refractivity contribution < 1.29 is 17.9 Å². The van der Waals surface area contributed by atoms with Gasteiger partial charge in [0.2, 0.25) is 10.0 Å². The summed E-state index contributed by atoms with van der Waals surface area (Å²) >= 11 is 0. The Morgan fingerprint density at radius 3 is 2.37 bits per heavy atom. The van der Waals surface area contributed by atoms with Crippen molar-refractivity contribution in [1.82, 2.24) is 9.62 Å². The van der Waals surface area contributed by atoms with E-state index in [0.717, 1.165) is 29.7 Å². The van der Waals surface area contributed by atoms with Crippen LogP contribution < -0.4 is 10.1 Å². The van der Waals surface area contributed by atoms with Gasteiger partial charge in [-0.3, -0.25) is 4.79 Å². The van der Waals surface area contributed by atoms with Gasteiger partial charge in [0.05, 0.1) is 18.0 Å². The van der Waals surface area contributed by atoms with Crippen LogP contribution in [-0.2, 0) is 10.0 Å². The average molecular weight is 431 g/mol. The maximum atomic E-state index is 13.1. The number of aryl methyl sites for hydroxylation is 1. The molecule has 2 aromatic carbocycles. The molecule has 1 amide bonds. The number of sulfonamides is 1. The zero-order chi connectivity index (χ0) is 21.9. The summed E-state index contributed by atoms with van der Waals surface area (Å²) in [5, 5.41) is 2.97. The average Bonchev–Trinajstić information content (AvgIpc) is 2.74. The van der Waals surface area contributed by atoms with Gasteiger partial charge in [-0.25, -0.2) is 8.42 Å². The van der Waals surface area contributed by atoms with E-state index in [0.29, 0.717) is 24.6 Å². The second kappa shape index (κ2) is 9.18. The Balaban J connectivity index is 1.79. The van der Waals surface area contributed by atoms with Gasteiger partial charge in [-0.05, 0) is 68.0 Å². The van der Waals surface area contributed by atoms with Crippen LogP contribution >= 0.6 is 0 Å². The van der Waals surface area contributed by atoms with E-state index in [1.165, 1.54) is 10.4 Å². The first kappa shape index (κ1) is 22.3. The molecule has 0 saturated carbocycles. The Hall–Kier alpha value is -2.38. The lowest BCUT2D eigenvalue weighted by Gasteiger charge is -2.29. The van der Waals surface area contributed by atoms with Gasteiger partial charge in [-0.2, -0.15) is 4.31 Å². The summed E-state index contributed by atoms with van der Waals surface area (Å²) in [6.07, 6.45) is 1.72. The molecule has 1 atom stereocenters. The van der Waals surface area contributed by atoms with Gasteiger partial charge in [-0.15, -0.1) is 0 Å². The molecule has 0 bridgehead atoms. The number of ether oxygens (including phenoxy) is 1. The molecule has 0 unspecified atom stereocenters. The Morgan fingerprint density at radius 2 is 1.77 bits per heavy atom. The Labute approximate surface area is 179 Å². The molecule has 0 aromatic heterocycles. The maximum absolute atomic E-state index is 13.1. The van der Waals surface area contributed by atoms with Gasteiger partial charge >= 0.3 is 0 Å². The minimum atomic E-state index is -3.61. The number of hydrogen-bond acceptors (Lipinski definition) is 4. The largest absolute Gasteiger partial charge is 0.497 e. The summed E-state index contributed by atoms with van der Waals surface area (Å²) in [6, 6.07) is 12.0. The van der Waals surface area contributed by atoms with Crippen LogP contribution in [-0.4, -0.2) is 38.8 Å². The van der Waals surface area contributed by atoms with E-state index in [9.17, 15) is 13.2 Å². The zero-order valence-corrected chi connectivity index (χ0v) is 18.8. The Morgan fingerprint density at radius 1 is 1.13 bits per heavy atom. The predicted octanol–water partition coefficient (Wildman–Crippen LogP) is 3.92. The van der Waals surface area contributed by atoms with Crippen LogP contribution in [0.3, 0.4) is 0 Å². The normalized spacial score (nSPS) is 16.8. The highest BCUT2D eigenvalue weighted by atomic mass is 32.2. The van der Waals surface area contributed by atoms with Crippen LogP contribution in [0, 0.1) is 12.8 Å². The van der Waals surface area contributed by atoms with E-state index in [4.69, 9.17) is 4.74 Å². The molecule has 0 radical (unpaired) electrons. The standard InChI is InChI=1S/C23H30N2O4S/c1-16-11-13-25(14-12-16)30(27,28)21-10-5-17(2)22(15-21)23(26)24-18(3)19-6-8-20(29-4)9-7-19/h5-10,15-16,18H,11-14H2,1-4H3,(H,24,26)/t18-/m0/s1. The number of carbonyl (C=O) groups excluding carboxylic acids is 1. The molecule has 2 aromatic rings. The molecule has 1 fully saturated rings. The minimum Gasteiger partial charge on any atom is -0.497 e. The van der Waals surface area contributed by atoms with E-state index >= 15 is 0 Å². The van der Waals surface area contributed by atoms with Crippen molar-refractivity contribution in [2.75, 3.05) is 20.2 Å². The van der Waals surface area contributed by atoms with Crippen molar-refractivity contribution in [3.63, 3.8) is 0 Å². The fraction of sp³-hybridized carbons (Fsp3) is 0.435. The zero-order valence-electron chi connectivity index (χ0n) is 18.0. The highest BCUT2D eigenvalue weighted by Gasteiger charge is 2.29. The van der Waals surface area contributed by atoms with Gasteiger partial charge in [0.25, 0.3) is 5.91 Å². The lowest BCUT2D eigenvalue weighted by atomic mass is 10.0. The van der Waals surface area contributed by atoms with Crippen molar-refractivity contribution in [3.8, 4) is 5.75 Å². The van der Waals surface area contributed by atoms with Crippen molar-refractivity contribution >= 4 is 15.9 Å². The Bertz CT molecular complexity index is 994. The smallest absolute Gasteiger partial charge is 0.252 e. The number of rotatable bonds is 6. The number of amides is 1. The molecule has 1 N–H and O–H groups in total. The number of nitrogens with zero attached hydrogens (tertiary/aromatic N) is 1. The van der Waals surface area contributed by atoms with Crippen LogP contribution in [0.2, 0.25) is 0 Å². The van der Waals surface area contributed by atoms with Crippen LogP contribution in [0.25, 0.3) is 0 Å². The molecule has 1 aliphatic heterocycles. The maximum Gasteiger partial charge on any atom is 0.252 e. The number of nitrogens with one attached hydrogen (secondary N) is 1. The first-order chi connectivity index (χ1) is 14.2. The van der Waals surface area contributed by atoms with Crippen molar-refractivity contribution in [3.05, 3.63) is 59.2 Å². The molecule has 6 nitrogen and oxygen atoms in total. The van der Waals surface area contributed by atoms with E-state index in [1.54, 1.807) is 19.2 Å². The summed E-state index contributed by atoms with van der Waals surface area (Å²) < 4.78 is 32.8. The summed E-state index contributed by atoms with van der Waals surface area (Å²) in [5.41, 5.74) is 2.05. The third kappa shape index (κ3) is 4.84. The van der Waals surface area contributed by atoms with Gasteiger partial charge in [-0.1, -0.05) is 25.1 Å². The highest BCUT2D eigenvalue weighted by Crippen LogP contribution is 2.25. The van der Waals surface area contributed by atoms with Gasteiger partial charge in [0.15, 0.2) is 0 Å². The molecular formula is C23H30N2O4S. The van der Waals surface area contributed by atoms with Gasteiger partial charge in [0.1, 0.15) is 5.75 Å². The number of benzene rings is 2. The van der Waals surface area contributed by atoms with E-state index in [2.05, 4.69) is 12.2 Å². The Kier molecular flexibility index (Phi) is 6.83. The third-order valence-electron chi connectivity index (χ3n) is 5.80. The number of piperidine rings is 1. The summed E-state index contributed by atoms with van der Waals surface area (Å²) in [7, 11) is -2.00. The topological polar surface area (TPSA) is 75.7 Å². The second-order valence-electron chi connectivity index (χ2n) is 8.03. The molecule has 7 heteroatoms. The van der Waals surface area contributed by atoms with Crippen molar-refractivity contribution in [2.24, 2.45) is 5.92 Å². The first-order valence-corrected chi connectivity index (χ1v) is 11.7. The van der Waals surface area contributed by atoms with Crippen LogP contribution in [0.4, 0.5) is 0 Å². The summed E-state index contributed by atoms with van der Waals surface area (Å²) in [6.45, 7) is 6.89. The molecule has 162 valence electrons. The molecule has 0 spiro atoms. The van der Waals surface area contributed by atoms with Crippen LogP contribution in [0.5, 0.6) is 5.75 Å². The minimum absolute atomic E-state index is 0.171.